The summed E-state index contributed by atoms with van der Waals surface area (Å²) in [5.41, 5.74) is 2.67. The largest absolute Gasteiger partial charge is 0.493 e. The Morgan fingerprint density at radius 1 is 1.08 bits per heavy atom. The van der Waals surface area contributed by atoms with Gasteiger partial charge in [0.15, 0.2) is 11.5 Å². The molecule has 0 spiro atoms. The van der Waals surface area contributed by atoms with E-state index in [-0.39, 0.29) is 0 Å². The molecule has 1 N–H and O–H groups in total. The topological polar surface area (TPSA) is 33.7 Å². The van der Waals surface area contributed by atoms with Crippen LogP contribution in [0.5, 0.6) is 11.5 Å². The van der Waals surface area contributed by atoms with Crippen LogP contribution < -0.4 is 14.8 Å². The molecule has 0 radical (unpaired) electrons. The molecule has 3 rings (SSSR count). The number of benzene rings is 2. The molecule has 1 aliphatic heterocycles. The summed E-state index contributed by atoms with van der Waals surface area (Å²) in [5.74, 6) is 1.58. The van der Waals surface area contributed by atoms with E-state index in [1.165, 1.54) is 17.5 Å². The van der Waals surface area contributed by atoms with Crippen molar-refractivity contribution in [2.45, 2.75) is 31.8 Å². The highest BCUT2D eigenvalue weighted by molar-refractivity contribution is 5.42. The highest BCUT2D eigenvalue weighted by Gasteiger charge is 2.26. The van der Waals surface area contributed by atoms with Crippen LogP contribution in [0.3, 0.4) is 0 Å². The molecule has 1 aliphatic rings. The first-order chi connectivity index (χ1) is 12.7. The van der Waals surface area contributed by atoms with Gasteiger partial charge in [-0.05, 0) is 49.6 Å². The molecule has 1 saturated heterocycles. The molecule has 0 bridgehead atoms. The Balaban J connectivity index is 1.46. The molecule has 140 valence electrons. The molecule has 0 amide bonds. The van der Waals surface area contributed by atoms with Crippen LogP contribution in [0.4, 0.5) is 0 Å². The van der Waals surface area contributed by atoms with Gasteiger partial charge in [-0.2, -0.15) is 0 Å². The maximum absolute atomic E-state index is 5.39. The van der Waals surface area contributed by atoms with Gasteiger partial charge in [-0.1, -0.05) is 36.4 Å². The van der Waals surface area contributed by atoms with Gasteiger partial charge in [0.2, 0.25) is 0 Å². The van der Waals surface area contributed by atoms with Crippen LogP contribution in [-0.2, 0) is 6.42 Å². The smallest absolute Gasteiger partial charge is 0.160 e. The van der Waals surface area contributed by atoms with E-state index in [1.807, 2.05) is 6.07 Å². The highest BCUT2D eigenvalue weighted by Crippen LogP contribution is 2.28. The Morgan fingerprint density at radius 3 is 2.58 bits per heavy atom. The van der Waals surface area contributed by atoms with E-state index in [0.29, 0.717) is 12.1 Å². The van der Waals surface area contributed by atoms with Gasteiger partial charge in [-0.25, -0.2) is 0 Å². The summed E-state index contributed by atoms with van der Waals surface area (Å²) in [6, 6.07) is 18.0. The third kappa shape index (κ3) is 4.57. The molecule has 26 heavy (non-hydrogen) atoms. The van der Waals surface area contributed by atoms with Gasteiger partial charge in [0.1, 0.15) is 0 Å². The zero-order chi connectivity index (χ0) is 18.4. The van der Waals surface area contributed by atoms with Crippen LogP contribution in [0.1, 0.15) is 30.5 Å². The van der Waals surface area contributed by atoms with Gasteiger partial charge >= 0.3 is 0 Å². The van der Waals surface area contributed by atoms with Crippen LogP contribution in [0.25, 0.3) is 0 Å². The second kappa shape index (κ2) is 9.06. The number of hydrogen-bond donors (Lipinski definition) is 1. The summed E-state index contributed by atoms with van der Waals surface area (Å²) in [7, 11) is 3.35. The lowest BCUT2D eigenvalue weighted by Crippen LogP contribution is -2.34. The average Bonchev–Trinajstić information content (AvgIpc) is 3.16. The zero-order valence-corrected chi connectivity index (χ0v) is 16.1. The standard InChI is InChI=1S/C22H30N2O2/c1-17(19-7-5-4-6-8-19)24-14-12-20(16-24)23-13-11-18-9-10-21(25-2)22(15-18)26-3/h4-10,15,17,20,23H,11-14,16H2,1-3H3/t17-,20-/m1/s1. The lowest BCUT2D eigenvalue weighted by molar-refractivity contribution is 0.256. The van der Waals surface area contributed by atoms with Crippen LogP contribution in [0, 0.1) is 0 Å². The van der Waals surface area contributed by atoms with Crippen molar-refractivity contribution in [1.29, 1.82) is 0 Å². The second-order valence-electron chi connectivity index (χ2n) is 6.96. The summed E-state index contributed by atoms with van der Waals surface area (Å²) in [6.07, 6.45) is 2.20. The van der Waals surface area contributed by atoms with E-state index in [0.717, 1.165) is 37.6 Å². The van der Waals surface area contributed by atoms with Crippen molar-refractivity contribution in [3.63, 3.8) is 0 Å². The Hall–Kier alpha value is -2.04. The summed E-state index contributed by atoms with van der Waals surface area (Å²) in [6.45, 7) is 5.56. The molecule has 0 unspecified atom stereocenters. The summed E-state index contributed by atoms with van der Waals surface area (Å²) < 4.78 is 10.7. The fourth-order valence-corrected chi connectivity index (χ4v) is 3.70. The fraction of sp³-hybridized carbons (Fsp3) is 0.455. The van der Waals surface area contributed by atoms with E-state index in [4.69, 9.17) is 9.47 Å². The van der Waals surface area contributed by atoms with Gasteiger partial charge in [-0.3, -0.25) is 4.90 Å². The number of hydrogen-bond acceptors (Lipinski definition) is 4. The van der Waals surface area contributed by atoms with Crippen LogP contribution in [-0.4, -0.2) is 44.8 Å². The Kier molecular flexibility index (Phi) is 6.53. The monoisotopic (exact) mass is 354 g/mol. The minimum absolute atomic E-state index is 0.480. The summed E-state index contributed by atoms with van der Waals surface area (Å²) in [5, 5.41) is 3.72. The van der Waals surface area contributed by atoms with Crippen LogP contribution >= 0.6 is 0 Å². The predicted octanol–water partition coefficient (Wildman–Crippen LogP) is 3.67. The van der Waals surface area contributed by atoms with Crippen molar-refractivity contribution >= 4 is 0 Å². The van der Waals surface area contributed by atoms with E-state index in [9.17, 15) is 0 Å². The van der Waals surface area contributed by atoms with Crippen molar-refractivity contribution in [2.24, 2.45) is 0 Å². The van der Waals surface area contributed by atoms with Crippen molar-refractivity contribution in [3.05, 3.63) is 59.7 Å². The molecular weight excluding hydrogens is 324 g/mol. The van der Waals surface area contributed by atoms with Crippen LogP contribution in [0.15, 0.2) is 48.5 Å². The van der Waals surface area contributed by atoms with Gasteiger partial charge in [0.25, 0.3) is 0 Å². The molecule has 0 aliphatic carbocycles. The van der Waals surface area contributed by atoms with Gasteiger partial charge in [0, 0.05) is 25.2 Å². The zero-order valence-electron chi connectivity index (χ0n) is 16.1. The molecule has 0 aromatic heterocycles. The summed E-state index contributed by atoms with van der Waals surface area (Å²) >= 11 is 0. The molecule has 0 saturated carbocycles. The first kappa shape index (κ1) is 18.7. The number of nitrogens with zero attached hydrogens (tertiary/aromatic N) is 1. The molecule has 1 heterocycles. The fourth-order valence-electron chi connectivity index (χ4n) is 3.70. The first-order valence-corrected chi connectivity index (χ1v) is 9.44. The predicted molar refractivity (Wildman–Crippen MR) is 106 cm³/mol. The molecule has 4 heteroatoms. The maximum Gasteiger partial charge on any atom is 0.160 e. The minimum atomic E-state index is 0.480. The lowest BCUT2D eigenvalue weighted by atomic mass is 10.1. The minimum Gasteiger partial charge on any atom is -0.493 e. The van der Waals surface area contributed by atoms with Crippen molar-refractivity contribution in [3.8, 4) is 11.5 Å². The van der Waals surface area contributed by atoms with Crippen molar-refractivity contribution < 1.29 is 9.47 Å². The Labute approximate surface area is 157 Å². The average molecular weight is 354 g/mol. The van der Waals surface area contributed by atoms with E-state index >= 15 is 0 Å². The highest BCUT2D eigenvalue weighted by atomic mass is 16.5. The third-order valence-corrected chi connectivity index (χ3v) is 5.34. The van der Waals surface area contributed by atoms with Crippen molar-refractivity contribution in [2.75, 3.05) is 33.9 Å². The van der Waals surface area contributed by atoms with Gasteiger partial charge < -0.3 is 14.8 Å². The SMILES string of the molecule is COc1ccc(CCN[C@@H]2CCN([C@H](C)c3ccccc3)C2)cc1OC. The Bertz CT molecular complexity index is 690. The second-order valence-corrected chi connectivity index (χ2v) is 6.96. The van der Waals surface area contributed by atoms with Gasteiger partial charge in [0.05, 0.1) is 14.2 Å². The Morgan fingerprint density at radius 2 is 1.85 bits per heavy atom. The molecule has 2 aromatic carbocycles. The first-order valence-electron chi connectivity index (χ1n) is 9.44. The molecule has 1 fully saturated rings. The number of likely N-dealkylation sites (tertiary alicyclic amines) is 1. The maximum atomic E-state index is 5.39. The molecular formula is C22H30N2O2. The molecule has 4 nitrogen and oxygen atoms in total. The van der Waals surface area contributed by atoms with E-state index < -0.39 is 0 Å². The van der Waals surface area contributed by atoms with Gasteiger partial charge in [-0.15, -0.1) is 0 Å². The third-order valence-electron chi connectivity index (χ3n) is 5.34. The van der Waals surface area contributed by atoms with Crippen LogP contribution in [0.2, 0.25) is 0 Å². The normalized spacial score (nSPS) is 18.7. The number of ether oxygens (including phenoxy) is 2. The lowest BCUT2D eigenvalue weighted by Gasteiger charge is -2.25. The number of methoxy groups -OCH3 is 2. The number of rotatable bonds is 8. The molecule has 2 aromatic rings. The quantitative estimate of drug-likeness (QED) is 0.784. The summed E-state index contributed by atoms with van der Waals surface area (Å²) in [4.78, 5) is 2.57. The number of nitrogens with one attached hydrogen (secondary N) is 1. The van der Waals surface area contributed by atoms with Crippen molar-refractivity contribution in [1.82, 2.24) is 10.2 Å². The van der Waals surface area contributed by atoms with E-state index in [2.05, 4.69) is 59.6 Å². The van der Waals surface area contributed by atoms with E-state index in [1.54, 1.807) is 14.2 Å². The molecule has 2 atom stereocenters.